The number of benzene rings is 1. The van der Waals surface area contributed by atoms with Crippen LogP contribution in [0.15, 0.2) is 23.4 Å². The third-order valence-electron chi connectivity index (χ3n) is 2.43. The zero-order valence-corrected chi connectivity index (χ0v) is 7.33. The molecule has 2 rings (SSSR count). The van der Waals surface area contributed by atoms with Gasteiger partial charge in [0.15, 0.2) is 0 Å². The van der Waals surface area contributed by atoms with Gasteiger partial charge < -0.3 is 10.9 Å². The second kappa shape index (κ2) is 3.09. The molecule has 0 aliphatic heterocycles. The van der Waals surface area contributed by atoms with Crippen molar-refractivity contribution in [3.63, 3.8) is 0 Å². The Bertz CT molecular complexity index is 358. The highest BCUT2D eigenvalue weighted by Crippen LogP contribution is 2.23. The van der Waals surface area contributed by atoms with Gasteiger partial charge in [0, 0.05) is 11.3 Å². The van der Waals surface area contributed by atoms with E-state index in [-0.39, 0.29) is 0 Å². The molecule has 68 valence electrons. The molecule has 3 N–H and O–H groups in total. The molecule has 0 bridgehead atoms. The molecular formula is C10H12N2O. The van der Waals surface area contributed by atoms with Crippen LogP contribution < -0.4 is 5.73 Å². The van der Waals surface area contributed by atoms with Crippen molar-refractivity contribution in [2.75, 3.05) is 5.73 Å². The number of oxime groups is 1. The number of aryl methyl sites for hydroxylation is 1. The van der Waals surface area contributed by atoms with Crippen LogP contribution in [0.4, 0.5) is 5.69 Å². The average Bonchev–Trinajstić information content (AvgIpc) is 2.17. The summed E-state index contributed by atoms with van der Waals surface area (Å²) in [6, 6.07) is 5.78. The van der Waals surface area contributed by atoms with Crippen LogP contribution in [0.5, 0.6) is 0 Å². The van der Waals surface area contributed by atoms with Crippen LogP contribution in [0.2, 0.25) is 0 Å². The molecule has 0 radical (unpaired) electrons. The Balaban J connectivity index is 2.54. The maximum Gasteiger partial charge on any atom is 0.0871 e. The first-order valence-corrected chi connectivity index (χ1v) is 4.41. The van der Waals surface area contributed by atoms with Crippen LogP contribution in [-0.2, 0) is 6.42 Å². The molecule has 0 amide bonds. The fourth-order valence-corrected chi connectivity index (χ4v) is 1.77. The van der Waals surface area contributed by atoms with E-state index in [0.717, 1.165) is 36.2 Å². The SMILES string of the molecule is Nc1ccc2c(c1)/C(=N/O)CCC2. The molecule has 13 heavy (non-hydrogen) atoms. The number of nitrogens with two attached hydrogens (primary N) is 1. The van der Waals surface area contributed by atoms with E-state index in [9.17, 15) is 0 Å². The number of rotatable bonds is 0. The van der Waals surface area contributed by atoms with Gasteiger partial charge in [-0.1, -0.05) is 11.2 Å². The van der Waals surface area contributed by atoms with Gasteiger partial charge in [-0.15, -0.1) is 0 Å². The summed E-state index contributed by atoms with van der Waals surface area (Å²) in [6.45, 7) is 0. The second-order valence-electron chi connectivity index (χ2n) is 3.32. The van der Waals surface area contributed by atoms with E-state index >= 15 is 0 Å². The summed E-state index contributed by atoms with van der Waals surface area (Å²) in [4.78, 5) is 0. The van der Waals surface area contributed by atoms with Gasteiger partial charge in [0.1, 0.15) is 0 Å². The van der Waals surface area contributed by atoms with Gasteiger partial charge in [-0.25, -0.2) is 0 Å². The number of hydrogen-bond donors (Lipinski definition) is 2. The Kier molecular flexibility index (Phi) is 1.93. The normalized spacial score (nSPS) is 18.6. The van der Waals surface area contributed by atoms with E-state index in [0.29, 0.717) is 0 Å². The highest BCUT2D eigenvalue weighted by atomic mass is 16.4. The summed E-state index contributed by atoms with van der Waals surface area (Å²) >= 11 is 0. The first kappa shape index (κ1) is 8.10. The number of nitrogens with zero attached hydrogens (tertiary/aromatic N) is 1. The van der Waals surface area contributed by atoms with E-state index in [2.05, 4.69) is 5.16 Å². The fraction of sp³-hybridized carbons (Fsp3) is 0.300. The first-order valence-electron chi connectivity index (χ1n) is 4.41. The third-order valence-corrected chi connectivity index (χ3v) is 2.43. The van der Waals surface area contributed by atoms with E-state index in [1.165, 1.54) is 5.56 Å². The monoisotopic (exact) mass is 176 g/mol. The molecule has 1 aliphatic rings. The van der Waals surface area contributed by atoms with Crippen molar-refractivity contribution >= 4 is 11.4 Å². The minimum absolute atomic E-state index is 0.724. The Labute approximate surface area is 76.9 Å². The number of fused-ring (bicyclic) bond motifs is 1. The van der Waals surface area contributed by atoms with E-state index in [4.69, 9.17) is 10.9 Å². The van der Waals surface area contributed by atoms with E-state index in [1.54, 1.807) is 0 Å². The van der Waals surface area contributed by atoms with Gasteiger partial charge >= 0.3 is 0 Å². The lowest BCUT2D eigenvalue weighted by Crippen LogP contribution is -2.12. The molecule has 1 aromatic carbocycles. The lowest BCUT2D eigenvalue weighted by molar-refractivity contribution is 0.317. The Hall–Kier alpha value is -1.51. The number of nitrogen functional groups attached to an aromatic ring is 1. The molecule has 0 saturated carbocycles. The lowest BCUT2D eigenvalue weighted by atomic mass is 9.90. The van der Waals surface area contributed by atoms with Crippen LogP contribution in [-0.4, -0.2) is 10.9 Å². The summed E-state index contributed by atoms with van der Waals surface area (Å²) in [5, 5.41) is 12.1. The molecule has 0 heterocycles. The van der Waals surface area contributed by atoms with Crippen molar-refractivity contribution < 1.29 is 5.21 Å². The van der Waals surface area contributed by atoms with Crippen LogP contribution in [0.1, 0.15) is 24.0 Å². The lowest BCUT2D eigenvalue weighted by Gasteiger charge is -2.16. The maximum absolute atomic E-state index is 8.78. The molecule has 3 nitrogen and oxygen atoms in total. The molecule has 1 aliphatic carbocycles. The smallest absolute Gasteiger partial charge is 0.0871 e. The molecule has 0 unspecified atom stereocenters. The van der Waals surface area contributed by atoms with Crippen molar-refractivity contribution in [2.45, 2.75) is 19.3 Å². The minimum atomic E-state index is 0.724. The Morgan fingerprint density at radius 2 is 2.15 bits per heavy atom. The predicted molar refractivity (Wildman–Crippen MR) is 52.1 cm³/mol. The molecular weight excluding hydrogens is 164 g/mol. The largest absolute Gasteiger partial charge is 0.411 e. The van der Waals surface area contributed by atoms with Crippen LogP contribution >= 0.6 is 0 Å². The van der Waals surface area contributed by atoms with Crippen LogP contribution in [0.25, 0.3) is 0 Å². The third kappa shape index (κ3) is 1.37. The average molecular weight is 176 g/mol. The van der Waals surface area contributed by atoms with Crippen molar-refractivity contribution in [1.29, 1.82) is 0 Å². The predicted octanol–water partition coefficient (Wildman–Crippen LogP) is 1.78. The topological polar surface area (TPSA) is 58.6 Å². The molecule has 0 fully saturated rings. The van der Waals surface area contributed by atoms with Crippen molar-refractivity contribution in [3.05, 3.63) is 29.3 Å². The van der Waals surface area contributed by atoms with Gasteiger partial charge in [-0.2, -0.15) is 0 Å². The van der Waals surface area contributed by atoms with Crippen LogP contribution in [0, 0.1) is 0 Å². The highest BCUT2D eigenvalue weighted by molar-refractivity contribution is 6.02. The molecule has 1 aromatic rings. The standard InChI is InChI=1S/C10H12N2O/c11-8-5-4-7-2-1-3-10(12-13)9(7)6-8/h4-6,13H,1-3,11H2/b12-10+. The van der Waals surface area contributed by atoms with Gasteiger partial charge in [-0.05, 0) is 37.0 Å². The summed E-state index contributed by atoms with van der Waals surface area (Å²) in [6.07, 6.45) is 2.94. The summed E-state index contributed by atoms with van der Waals surface area (Å²) in [5.41, 5.74) is 9.38. The molecule has 0 atom stereocenters. The van der Waals surface area contributed by atoms with Gasteiger partial charge in [0.25, 0.3) is 0 Å². The maximum atomic E-state index is 8.78. The number of anilines is 1. The summed E-state index contributed by atoms with van der Waals surface area (Å²) < 4.78 is 0. The highest BCUT2D eigenvalue weighted by Gasteiger charge is 2.15. The Morgan fingerprint density at radius 1 is 1.31 bits per heavy atom. The minimum Gasteiger partial charge on any atom is -0.411 e. The second-order valence-corrected chi connectivity index (χ2v) is 3.32. The quantitative estimate of drug-likeness (QED) is 0.359. The summed E-state index contributed by atoms with van der Waals surface area (Å²) in [5.74, 6) is 0. The summed E-state index contributed by atoms with van der Waals surface area (Å²) in [7, 11) is 0. The zero-order valence-electron chi connectivity index (χ0n) is 7.33. The fourth-order valence-electron chi connectivity index (χ4n) is 1.77. The zero-order chi connectivity index (χ0) is 9.26. The Morgan fingerprint density at radius 3 is 2.92 bits per heavy atom. The molecule has 3 heteroatoms. The van der Waals surface area contributed by atoms with Crippen molar-refractivity contribution in [2.24, 2.45) is 5.16 Å². The van der Waals surface area contributed by atoms with E-state index in [1.807, 2.05) is 18.2 Å². The van der Waals surface area contributed by atoms with Crippen LogP contribution in [0.3, 0.4) is 0 Å². The molecule has 0 aromatic heterocycles. The molecule has 0 spiro atoms. The number of hydrogen-bond acceptors (Lipinski definition) is 3. The first-order chi connectivity index (χ1) is 6.31. The van der Waals surface area contributed by atoms with E-state index < -0.39 is 0 Å². The van der Waals surface area contributed by atoms with Crippen molar-refractivity contribution in [3.8, 4) is 0 Å². The van der Waals surface area contributed by atoms with Gasteiger partial charge in [-0.3, -0.25) is 0 Å². The molecule has 0 saturated heterocycles. The van der Waals surface area contributed by atoms with Gasteiger partial charge in [0.05, 0.1) is 5.71 Å². The van der Waals surface area contributed by atoms with Gasteiger partial charge in [0.2, 0.25) is 0 Å². The van der Waals surface area contributed by atoms with Crippen molar-refractivity contribution in [1.82, 2.24) is 0 Å².